The van der Waals surface area contributed by atoms with E-state index in [1.807, 2.05) is 23.8 Å². The number of amidine groups is 1. The fourth-order valence-corrected chi connectivity index (χ4v) is 3.97. The van der Waals surface area contributed by atoms with E-state index in [2.05, 4.69) is 11.6 Å². The zero-order chi connectivity index (χ0) is 21.0. The van der Waals surface area contributed by atoms with Gasteiger partial charge in [-0.25, -0.2) is 9.36 Å². The average molecular weight is 415 g/mol. The molecule has 1 unspecified atom stereocenters. The van der Waals surface area contributed by atoms with Gasteiger partial charge in [0.15, 0.2) is 0 Å². The van der Waals surface area contributed by atoms with Gasteiger partial charge in [0, 0.05) is 7.05 Å². The van der Waals surface area contributed by atoms with E-state index in [4.69, 9.17) is 16.3 Å². The normalized spacial score (nSPS) is 18.0. The molecule has 1 aromatic heterocycles. The van der Waals surface area contributed by atoms with Gasteiger partial charge >= 0.3 is 12.0 Å². The van der Waals surface area contributed by atoms with Crippen molar-refractivity contribution in [3.63, 3.8) is 0 Å². The lowest BCUT2D eigenvalue weighted by Gasteiger charge is -2.33. The number of aliphatic imine (C=N–C) groups is 1. The molecule has 3 amide bonds. The number of fused-ring (bicyclic) bond motifs is 3. The maximum absolute atomic E-state index is 13.1. The number of halogens is 1. The minimum Gasteiger partial charge on any atom is -0.495 e. The number of hydrogen-bond acceptors (Lipinski definition) is 4. The topological polar surface area (TPSA) is 71.0 Å². The lowest BCUT2D eigenvalue weighted by atomic mass is 10.1. The van der Waals surface area contributed by atoms with Gasteiger partial charge in [-0.05, 0) is 32.0 Å². The molecule has 8 nitrogen and oxygen atoms in total. The van der Waals surface area contributed by atoms with E-state index >= 15 is 0 Å². The standard InChI is InChI=1S/C20H21ClN5O3/c1-11(2)9-25-18(27)16-17(23(4)20(25)28)22-19-24(16)10-12(3)26(19)13-6-7-15(29-5)14(21)8-13/h6-8,10,16H,1,9H2,2-5H3/q+1. The number of methoxy groups -OCH3 is 1. The zero-order valence-corrected chi connectivity index (χ0v) is 17.4. The van der Waals surface area contributed by atoms with Crippen LogP contribution in [0.1, 0.15) is 18.7 Å². The molecule has 2 aliphatic rings. The minimum absolute atomic E-state index is 0.176. The number of carbonyl (C=O) groups excluding carboxylic acids is 2. The molecule has 0 bridgehead atoms. The van der Waals surface area contributed by atoms with Gasteiger partial charge in [0.1, 0.15) is 23.3 Å². The molecule has 0 radical (unpaired) electrons. The number of ether oxygens (including phenoxy) is 1. The van der Waals surface area contributed by atoms with E-state index < -0.39 is 12.1 Å². The summed E-state index contributed by atoms with van der Waals surface area (Å²) in [7, 11) is 3.18. The van der Waals surface area contributed by atoms with Crippen LogP contribution in [-0.2, 0) is 4.79 Å². The van der Waals surface area contributed by atoms with Crippen LogP contribution < -0.4 is 9.30 Å². The highest BCUT2D eigenvalue weighted by molar-refractivity contribution is 6.32. The lowest BCUT2D eigenvalue weighted by molar-refractivity contribution is -0.676. The first-order valence-electron chi connectivity index (χ1n) is 9.04. The second-order valence-corrected chi connectivity index (χ2v) is 7.63. The number of hydrogen-bond donors (Lipinski definition) is 0. The molecule has 1 fully saturated rings. The van der Waals surface area contributed by atoms with Crippen LogP contribution in [0.25, 0.3) is 5.69 Å². The fourth-order valence-electron chi connectivity index (χ4n) is 3.71. The van der Waals surface area contributed by atoms with Crippen molar-refractivity contribution in [2.75, 3.05) is 20.7 Å². The van der Waals surface area contributed by atoms with Crippen molar-refractivity contribution in [2.24, 2.45) is 4.99 Å². The first-order valence-corrected chi connectivity index (χ1v) is 9.41. The number of rotatable bonds is 4. The summed E-state index contributed by atoms with van der Waals surface area (Å²) in [6.45, 7) is 7.71. The van der Waals surface area contributed by atoms with Gasteiger partial charge < -0.3 is 4.74 Å². The number of carbonyl (C=O) groups is 2. The highest BCUT2D eigenvalue weighted by atomic mass is 35.5. The van der Waals surface area contributed by atoms with Gasteiger partial charge in [0.2, 0.25) is 11.9 Å². The number of aryl methyl sites for hydroxylation is 1. The van der Waals surface area contributed by atoms with Gasteiger partial charge in [-0.2, -0.15) is 4.57 Å². The summed E-state index contributed by atoms with van der Waals surface area (Å²) >= 11 is 6.30. The number of amides is 3. The Bertz CT molecular complexity index is 1100. The van der Waals surface area contributed by atoms with E-state index in [-0.39, 0.29) is 12.5 Å². The molecule has 0 N–H and O–H groups in total. The Morgan fingerprint density at radius 2 is 2.10 bits per heavy atom. The number of likely N-dealkylation sites (N-methyl/N-ethyl adjacent to an activating group) is 1. The van der Waals surface area contributed by atoms with Crippen molar-refractivity contribution in [3.05, 3.63) is 47.3 Å². The summed E-state index contributed by atoms with van der Waals surface area (Å²) in [5.41, 5.74) is 2.39. The molecule has 0 saturated carbocycles. The van der Waals surface area contributed by atoms with Gasteiger partial charge in [0.05, 0.1) is 18.7 Å². The third kappa shape index (κ3) is 2.82. The molecule has 150 valence electrons. The van der Waals surface area contributed by atoms with Crippen molar-refractivity contribution in [2.45, 2.75) is 19.9 Å². The van der Waals surface area contributed by atoms with Gasteiger partial charge in [0.25, 0.3) is 5.91 Å². The molecular weight excluding hydrogens is 394 g/mol. The zero-order valence-electron chi connectivity index (χ0n) is 16.6. The highest BCUT2D eigenvalue weighted by Crippen LogP contribution is 2.33. The van der Waals surface area contributed by atoms with Crippen LogP contribution in [0.5, 0.6) is 5.75 Å². The molecule has 1 atom stereocenters. The molecular formula is C20H21ClN5O3+. The molecule has 4 rings (SSSR count). The van der Waals surface area contributed by atoms with Crippen LogP contribution in [0.3, 0.4) is 0 Å². The van der Waals surface area contributed by atoms with Crippen molar-refractivity contribution in [3.8, 4) is 11.4 Å². The summed E-state index contributed by atoms with van der Waals surface area (Å²) < 4.78 is 8.91. The SMILES string of the molecule is C=C(C)CN1C(=O)C2C(=Nc3n(-c4ccc(OC)c(Cl)c4)c(C)c[n+]32)N(C)C1=O. The maximum atomic E-state index is 13.1. The summed E-state index contributed by atoms with van der Waals surface area (Å²) in [4.78, 5) is 33.1. The van der Waals surface area contributed by atoms with Crippen LogP contribution in [0.4, 0.5) is 10.7 Å². The molecule has 0 spiro atoms. The maximum Gasteiger partial charge on any atom is 0.406 e. The monoisotopic (exact) mass is 414 g/mol. The predicted octanol–water partition coefficient (Wildman–Crippen LogP) is 2.79. The number of urea groups is 1. The second kappa shape index (κ2) is 6.73. The van der Waals surface area contributed by atoms with Crippen LogP contribution in [0.2, 0.25) is 5.02 Å². The first-order chi connectivity index (χ1) is 13.7. The summed E-state index contributed by atoms with van der Waals surface area (Å²) in [6, 6.07) is 4.32. The number of benzene rings is 1. The van der Waals surface area contributed by atoms with Crippen molar-refractivity contribution in [1.29, 1.82) is 0 Å². The van der Waals surface area contributed by atoms with E-state index in [1.165, 1.54) is 9.80 Å². The van der Waals surface area contributed by atoms with E-state index in [9.17, 15) is 9.59 Å². The molecule has 2 aliphatic heterocycles. The molecule has 0 aliphatic carbocycles. The van der Waals surface area contributed by atoms with Gasteiger partial charge in [-0.1, -0.05) is 28.7 Å². The Kier molecular flexibility index (Phi) is 4.46. The van der Waals surface area contributed by atoms with Crippen LogP contribution >= 0.6 is 11.6 Å². The van der Waals surface area contributed by atoms with Crippen molar-refractivity contribution in [1.82, 2.24) is 14.4 Å². The Morgan fingerprint density at radius 3 is 2.72 bits per heavy atom. The molecule has 29 heavy (non-hydrogen) atoms. The third-order valence-corrected chi connectivity index (χ3v) is 5.33. The van der Waals surface area contributed by atoms with Crippen LogP contribution in [0.15, 0.2) is 41.5 Å². The average Bonchev–Trinajstić information content (AvgIpc) is 3.17. The fraction of sp³-hybridized carbons (Fsp3) is 0.300. The van der Waals surface area contributed by atoms with Crippen molar-refractivity contribution < 1.29 is 18.9 Å². The van der Waals surface area contributed by atoms with E-state index in [0.717, 1.165) is 17.0 Å². The van der Waals surface area contributed by atoms with Crippen molar-refractivity contribution >= 4 is 35.3 Å². The lowest BCUT2D eigenvalue weighted by Crippen LogP contribution is -2.62. The third-order valence-electron chi connectivity index (χ3n) is 5.03. The smallest absolute Gasteiger partial charge is 0.406 e. The first kappa shape index (κ1) is 19.2. The van der Waals surface area contributed by atoms with Crippen LogP contribution in [-0.4, -0.2) is 52.8 Å². The predicted molar refractivity (Wildman–Crippen MR) is 108 cm³/mol. The molecule has 2 aromatic rings. The summed E-state index contributed by atoms with van der Waals surface area (Å²) in [5, 5.41) is 0.468. The number of imide groups is 1. The molecule has 1 aromatic carbocycles. The van der Waals surface area contributed by atoms with Gasteiger partial charge in [-0.15, -0.1) is 0 Å². The largest absolute Gasteiger partial charge is 0.495 e. The Morgan fingerprint density at radius 1 is 1.38 bits per heavy atom. The number of nitrogens with zero attached hydrogens (tertiary/aromatic N) is 5. The quantitative estimate of drug-likeness (QED) is 0.570. The summed E-state index contributed by atoms with van der Waals surface area (Å²) in [6.07, 6.45) is 1.86. The Hall–Kier alpha value is -3.13. The van der Waals surface area contributed by atoms with E-state index in [0.29, 0.717) is 22.6 Å². The Balaban J connectivity index is 1.83. The van der Waals surface area contributed by atoms with Gasteiger partial charge in [-0.3, -0.25) is 14.6 Å². The number of imidazole rings is 1. The van der Waals surface area contributed by atoms with Crippen LogP contribution in [0, 0.1) is 6.92 Å². The summed E-state index contributed by atoms with van der Waals surface area (Å²) in [5.74, 6) is 1.21. The number of aromatic nitrogens is 2. The Labute approximate surface area is 173 Å². The van der Waals surface area contributed by atoms with E-state index in [1.54, 1.807) is 37.8 Å². The minimum atomic E-state index is -0.694. The molecule has 9 heteroatoms. The highest BCUT2D eigenvalue weighted by Gasteiger charge is 2.53. The molecule has 1 saturated heterocycles. The second-order valence-electron chi connectivity index (χ2n) is 7.23. The molecule has 3 heterocycles.